The Hall–Kier alpha value is -2.38. The zero-order chi connectivity index (χ0) is 16.6. The van der Waals surface area contributed by atoms with Gasteiger partial charge in [-0.25, -0.2) is 4.98 Å². The average molecular weight is 329 g/mol. The Morgan fingerprint density at radius 1 is 1.17 bits per heavy atom. The van der Waals surface area contributed by atoms with Crippen LogP contribution in [0.5, 0.6) is 0 Å². The van der Waals surface area contributed by atoms with E-state index in [2.05, 4.69) is 4.98 Å². The van der Waals surface area contributed by atoms with Crippen molar-refractivity contribution in [3.05, 3.63) is 36.2 Å². The highest BCUT2D eigenvalue weighted by atomic mass is 16.7. The summed E-state index contributed by atoms with van der Waals surface area (Å²) >= 11 is 0. The quantitative estimate of drug-likeness (QED) is 0.846. The molecule has 1 amide bonds. The van der Waals surface area contributed by atoms with E-state index in [1.807, 2.05) is 18.2 Å². The zero-order valence-electron chi connectivity index (χ0n) is 13.2. The number of nitrogen functional groups attached to an aromatic ring is 1. The molecule has 4 rings (SSSR count). The van der Waals surface area contributed by atoms with Crippen molar-refractivity contribution in [2.75, 3.05) is 32.0 Å². The van der Waals surface area contributed by atoms with E-state index in [0.29, 0.717) is 56.3 Å². The van der Waals surface area contributed by atoms with Crippen LogP contribution in [0.2, 0.25) is 0 Å². The maximum Gasteiger partial charge on any atom is 0.275 e. The Kier molecular flexibility index (Phi) is 3.74. The van der Waals surface area contributed by atoms with Crippen LogP contribution in [0.3, 0.4) is 0 Å². The molecule has 2 saturated heterocycles. The summed E-state index contributed by atoms with van der Waals surface area (Å²) in [5.74, 6) is -0.288. The lowest BCUT2D eigenvalue weighted by molar-refractivity contribution is -0.181. The van der Waals surface area contributed by atoms with Gasteiger partial charge in [0.25, 0.3) is 5.91 Å². The number of amides is 1. The molecule has 2 aliphatic rings. The molecule has 3 heterocycles. The molecule has 7 nitrogen and oxygen atoms in total. The largest absolute Gasteiger partial charge is 0.444 e. The number of aromatic nitrogens is 1. The molecule has 0 saturated carbocycles. The van der Waals surface area contributed by atoms with Crippen LogP contribution < -0.4 is 5.73 Å². The smallest absolute Gasteiger partial charge is 0.275 e. The van der Waals surface area contributed by atoms with Crippen LogP contribution in [-0.2, 0) is 9.47 Å². The zero-order valence-corrected chi connectivity index (χ0v) is 13.2. The third-order valence-corrected chi connectivity index (χ3v) is 4.54. The van der Waals surface area contributed by atoms with Gasteiger partial charge in [-0.05, 0) is 12.1 Å². The number of carbonyl (C=O) groups is 1. The molecular formula is C17H19N3O4. The van der Waals surface area contributed by atoms with Gasteiger partial charge >= 0.3 is 0 Å². The first-order valence-electron chi connectivity index (χ1n) is 8.04. The number of hydrogen-bond donors (Lipinski definition) is 1. The molecule has 1 spiro atoms. The van der Waals surface area contributed by atoms with Crippen molar-refractivity contribution in [2.45, 2.75) is 18.6 Å². The van der Waals surface area contributed by atoms with Gasteiger partial charge in [0, 0.05) is 31.6 Å². The first-order valence-corrected chi connectivity index (χ1v) is 8.04. The number of hydrogen-bond acceptors (Lipinski definition) is 6. The van der Waals surface area contributed by atoms with Gasteiger partial charge in [0.2, 0.25) is 5.89 Å². The van der Waals surface area contributed by atoms with Crippen molar-refractivity contribution < 1.29 is 18.7 Å². The summed E-state index contributed by atoms with van der Waals surface area (Å²) in [6.07, 6.45) is 2.74. The number of benzene rings is 1. The van der Waals surface area contributed by atoms with Crippen LogP contribution in [0, 0.1) is 0 Å². The van der Waals surface area contributed by atoms with Crippen LogP contribution >= 0.6 is 0 Å². The van der Waals surface area contributed by atoms with Crippen molar-refractivity contribution in [1.29, 1.82) is 0 Å². The van der Waals surface area contributed by atoms with Gasteiger partial charge in [0.05, 0.1) is 18.8 Å². The lowest BCUT2D eigenvalue weighted by Gasteiger charge is -2.37. The Bertz CT molecular complexity index is 742. The SMILES string of the molecule is Nc1ccccc1-c1nc(C(=O)N2CCC3(CC2)OCCO3)co1. The van der Waals surface area contributed by atoms with Crippen molar-refractivity contribution >= 4 is 11.6 Å². The first-order chi connectivity index (χ1) is 11.7. The second-order valence-electron chi connectivity index (χ2n) is 6.02. The summed E-state index contributed by atoms with van der Waals surface area (Å²) in [7, 11) is 0. The van der Waals surface area contributed by atoms with Gasteiger partial charge in [-0.2, -0.15) is 0 Å². The van der Waals surface area contributed by atoms with E-state index in [0.717, 1.165) is 0 Å². The van der Waals surface area contributed by atoms with Crippen molar-refractivity contribution in [3.63, 3.8) is 0 Å². The van der Waals surface area contributed by atoms with Gasteiger partial charge < -0.3 is 24.5 Å². The minimum atomic E-state index is -0.496. The van der Waals surface area contributed by atoms with Gasteiger partial charge in [0.1, 0.15) is 6.26 Å². The summed E-state index contributed by atoms with van der Waals surface area (Å²) in [6, 6.07) is 7.27. The molecule has 1 aromatic carbocycles. The monoisotopic (exact) mass is 329 g/mol. The number of piperidine rings is 1. The van der Waals surface area contributed by atoms with Gasteiger partial charge in [-0.15, -0.1) is 0 Å². The van der Waals surface area contributed by atoms with E-state index in [1.165, 1.54) is 6.26 Å². The molecule has 0 atom stereocenters. The fourth-order valence-corrected chi connectivity index (χ4v) is 3.19. The number of ether oxygens (including phenoxy) is 2. The van der Waals surface area contributed by atoms with E-state index < -0.39 is 5.79 Å². The molecule has 2 fully saturated rings. The highest BCUT2D eigenvalue weighted by Crippen LogP contribution is 2.32. The van der Waals surface area contributed by atoms with Gasteiger partial charge in [-0.3, -0.25) is 4.79 Å². The first kappa shape index (κ1) is 15.2. The average Bonchev–Trinajstić information content (AvgIpc) is 3.26. The number of oxazole rings is 1. The molecule has 0 radical (unpaired) electrons. The molecule has 126 valence electrons. The van der Waals surface area contributed by atoms with Crippen LogP contribution in [0.15, 0.2) is 34.9 Å². The predicted octanol–water partition coefficient (Wildman–Crippen LogP) is 1.90. The summed E-state index contributed by atoms with van der Waals surface area (Å²) in [5, 5.41) is 0. The molecule has 0 bridgehead atoms. The maximum absolute atomic E-state index is 12.6. The van der Waals surface area contributed by atoms with E-state index in [-0.39, 0.29) is 11.6 Å². The summed E-state index contributed by atoms with van der Waals surface area (Å²) in [4.78, 5) is 18.7. The lowest BCUT2D eigenvalue weighted by Crippen LogP contribution is -2.47. The molecular weight excluding hydrogens is 310 g/mol. The minimum absolute atomic E-state index is 0.146. The number of rotatable bonds is 2. The summed E-state index contributed by atoms with van der Waals surface area (Å²) < 4.78 is 16.8. The van der Waals surface area contributed by atoms with E-state index in [1.54, 1.807) is 11.0 Å². The topological polar surface area (TPSA) is 90.8 Å². The number of carbonyl (C=O) groups excluding carboxylic acids is 1. The molecule has 0 unspecified atom stereocenters. The molecule has 2 aliphatic heterocycles. The molecule has 1 aromatic heterocycles. The predicted molar refractivity (Wildman–Crippen MR) is 86.1 cm³/mol. The van der Waals surface area contributed by atoms with Crippen LogP contribution in [-0.4, -0.2) is 47.9 Å². The molecule has 2 aromatic rings. The number of anilines is 1. The lowest BCUT2D eigenvalue weighted by atomic mass is 10.0. The summed E-state index contributed by atoms with van der Waals surface area (Å²) in [6.45, 7) is 2.40. The highest BCUT2D eigenvalue weighted by Gasteiger charge is 2.41. The van der Waals surface area contributed by atoms with Crippen molar-refractivity contribution in [2.24, 2.45) is 0 Å². The van der Waals surface area contributed by atoms with Crippen LogP contribution in [0.4, 0.5) is 5.69 Å². The number of nitrogens with zero attached hydrogens (tertiary/aromatic N) is 2. The van der Waals surface area contributed by atoms with Gasteiger partial charge in [-0.1, -0.05) is 12.1 Å². The maximum atomic E-state index is 12.6. The second-order valence-corrected chi connectivity index (χ2v) is 6.02. The molecule has 2 N–H and O–H groups in total. The Labute approximate surface area is 139 Å². The summed E-state index contributed by atoms with van der Waals surface area (Å²) in [5.41, 5.74) is 7.46. The Balaban J connectivity index is 1.47. The fourth-order valence-electron chi connectivity index (χ4n) is 3.19. The van der Waals surface area contributed by atoms with Crippen LogP contribution in [0.25, 0.3) is 11.5 Å². The minimum Gasteiger partial charge on any atom is -0.444 e. The van der Waals surface area contributed by atoms with Crippen LogP contribution in [0.1, 0.15) is 23.3 Å². The van der Waals surface area contributed by atoms with Crippen molar-refractivity contribution in [3.8, 4) is 11.5 Å². The van der Waals surface area contributed by atoms with E-state index in [9.17, 15) is 4.79 Å². The third kappa shape index (κ3) is 2.65. The second kappa shape index (κ2) is 5.92. The molecule has 7 heteroatoms. The third-order valence-electron chi connectivity index (χ3n) is 4.54. The normalized spacial score (nSPS) is 19.8. The van der Waals surface area contributed by atoms with E-state index in [4.69, 9.17) is 19.6 Å². The standard InChI is InChI=1S/C17H19N3O4/c18-13-4-2-1-3-12(13)15-19-14(11-22-15)16(21)20-7-5-17(6-8-20)23-9-10-24-17/h1-4,11H,5-10,18H2. The number of nitrogens with two attached hydrogens (primary N) is 1. The molecule has 24 heavy (non-hydrogen) atoms. The Morgan fingerprint density at radius 3 is 2.58 bits per heavy atom. The highest BCUT2D eigenvalue weighted by molar-refractivity contribution is 5.92. The number of para-hydroxylation sites is 1. The molecule has 0 aliphatic carbocycles. The number of likely N-dealkylation sites (tertiary alicyclic amines) is 1. The Morgan fingerprint density at radius 2 is 1.88 bits per heavy atom. The van der Waals surface area contributed by atoms with Crippen molar-refractivity contribution in [1.82, 2.24) is 9.88 Å². The van der Waals surface area contributed by atoms with Gasteiger partial charge in [0.15, 0.2) is 11.5 Å². The fraction of sp³-hybridized carbons (Fsp3) is 0.412. The van der Waals surface area contributed by atoms with E-state index >= 15 is 0 Å².